The first-order chi connectivity index (χ1) is 11.0. The highest BCUT2D eigenvalue weighted by Crippen LogP contribution is 2.16. The number of carbonyl (C=O) groups excluding carboxylic acids is 1. The van der Waals surface area contributed by atoms with Gasteiger partial charge in [0.25, 0.3) is 0 Å². The molecule has 2 aromatic carbocycles. The molecule has 0 saturated heterocycles. The van der Waals surface area contributed by atoms with Gasteiger partial charge in [-0.15, -0.1) is 11.8 Å². The van der Waals surface area contributed by atoms with Gasteiger partial charge in [-0.3, -0.25) is 9.69 Å². The van der Waals surface area contributed by atoms with Crippen LogP contribution in [0.2, 0.25) is 0 Å². The van der Waals surface area contributed by atoms with Crippen LogP contribution in [0.15, 0.2) is 53.4 Å². The summed E-state index contributed by atoms with van der Waals surface area (Å²) in [5.41, 5.74) is 3.19. The number of hydrogen-bond donors (Lipinski definition) is 1. The first-order valence-electron chi connectivity index (χ1n) is 7.70. The van der Waals surface area contributed by atoms with Gasteiger partial charge in [-0.1, -0.05) is 24.3 Å². The quantitative estimate of drug-likeness (QED) is 0.808. The first-order valence-corrected chi connectivity index (χ1v) is 8.93. The topological polar surface area (TPSA) is 32.3 Å². The lowest BCUT2D eigenvalue weighted by Crippen LogP contribution is -2.39. The number of amides is 1. The number of benzene rings is 2. The van der Waals surface area contributed by atoms with E-state index in [4.69, 9.17) is 0 Å². The van der Waals surface area contributed by atoms with Crippen molar-refractivity contribution in [2.45, 2.75) is 31.3 Å². The third kappa shape index (κ3) is 5.12. The minimum absolute atomic E-state index is 0.0128. The highest BCUT2D eigenvalue weighted by molar-refractivity contribution is 7.98. The maximum absolute atomic E-state index is 12.4. The zero-order chi connectivity index (χ0) is 16.8. The Labute approximate surface area is 143 Å². The van der Waals surface area contributed by atoms with E-state index in [1.165, 1.54) is 10.5 Å². The molecule has 0 saturated carbocycles. The largest absolute Gasteiger partial charge is 0.325 e. The van der Waals surface area contributed by atoms with E-state index in [0.29, 0.717) is 0 Å². The van der Waals surface area contributed by atoms with E-state index in [0.717, 1.165) is 17.8 Å². The van der Waals surface area contributed by atoms with Crippen LogP contribution in [0, 0.1) is 6.92 Å². The summed E-state index contributed by atoms with van der Waals surface area (Å²) in [6, 6.07) is 16.1. The standard InChI is InChI=1S/C19H24N2OS/c1-14-6-5-7-17(12-14)20-19(22)15(2)21(3)13-16-8-10-18(23-4)11-9-16/h5-12,15H,13H2,1-4H3,(H,20,22). The molecule has 4 heteroatoms. The van der Waals surface area contributed by atoms with Crippen LogP contribution in [0.1, 0.15) is 18.1 Å². The Kier molecular flexibility index (Phi) is 6.25. The summed E-state index contributed by atoms with van der Waals surface area (Å²) in [7, 11) is 1.98. The number of carbonyl (C=O) groups is 1. The maximum atomic E-state index is 12.4. The van der Waals surface area contributed by atoms with Crippen LogP contribution in [0.25, 0.3) is 0 Å². The van der Waals surface area contributed by atoms with E-state index in [2.05, 4.69) is 40.7 Å². The number of nitrogens with zero attached hydrogens (tertiary/aromatic N) is 1. The van der Waals surface area contributed by atoms with Gasteiger partial charge in [0.05, 0.1) is 6.04 Å². The number of aryl methyl sites for hydroxylation is 1. The summed E-state index contributed by atoms with van der Waals surface area (Å²) < 4.78 is 0. The molecule has 2 aromatic rings. The highest BCUT2D eigenvalue weighted by atomic mass is 32.2. The average Bonchev–Trinajstić information content (AvgIpc) is 2.54. The predicted octanol–water partition coefficient (Wildman–Crippen LogP) is 4.18. The lowest BCUT2D eigenvalue weighted by atomic mass is 10.1. The molecular formula is C19H24N2OS. The fraction of sp³-hybridized carbons (Fsp3) is 0.316. The molecule has 23 heavy (non-hydrogen) atoms. The molecule has 0 fully saturated rings. The van der Waals surface area contributed by atoms with Gasteiger partial charge in [0.1, 0.15) is 0 Å². The summed E-state index contributed by atoms with van der Waals surface area (Å²) in [4.78, 5) is 15.7. The number of rotatable bonds is 6. The van der Waals surface area contributed by atoms with Gasteiger partial charge in [0, 0.05) is 17.1 Å². The number of hydrogen-bond acceptors (Lipinski definition) is 3. The summed E-state index contributed by atoms with van der Waals surface area (Å²) in [6.45, 7) is 4.70. The Hall–Kier alpha value is -1.78. The zero-order valence-electron chi connectivity index (χ0n) is 14.2. The molecule has 1 amide bonds. The molecular weight excluding hydrogens is 304 g/mol. The molecule has 1 atom stereocenters. The predicted molar refractivity (Wildman–Crippen MR) is 99.0 cm³/mol. The number of anilines is 1. The second-order valence-corrected chi connectivity index (χ2v) is 6.68. The normalized spacial score (nSPS) is 12.2. The second kappa shape index (κ2) is 8.18. The van der Waals surface area contributed by atoms with Crippen LogP contribution in [-0.2, 0) is 11.3 Å². The summed E-state index contributed by atoms with van der Waals surface area (Å²) >= 11 is 1.73. The molecule has 0 aromatic heterocycles. The molecule has 0 heterocycles. The van der Waals surface area contributed by atoms with Crippen LogP contribution in [0.5, 0.6) is 0 Å². The molecule has 1 unspecified atom stereocenters. The van der Waals surface area contributed by atoms with Crippen molar-refractivity contribution in [3.05, 3.63) is 59.7 Å². The molecule has 122 valence electrons. The molecule has 0 spiro atoms. The minimum atomic E-state index is -0.198. The number of likely N-dealkylation sites (N-methyl/N-ethyl adjacent to an activating group) is 1. The van der Waals surface area contributed by atoms with Gasteiger partial charge in [-0.25, -0.2) is 0 Å². The van der Waals surface area contributed by atoms with Crippen LogP contribution in [0.3, 0.4) is 0 Å². The van der Waals surface area contributed by atoms with Crippen LogP contribution < -0.4 is 5.32 Å². The van der Waals surface area contributed by atoms with Crippen molar-refractivity contribution in [1.29, 1.82) is 0 Å². The second-order valence-electron chi connectivity index (χ2n) is 5.80. The van der Waals surface area contributed by atoms with Crippen molar-refractivity contribution in [3.8, 4) is 0 Å². The van der Waals surface area contributed by atoms with Crippen LogP contribution in [-0.4, -0.2) is 30.2 Å². The molecule has 2 rings (SSSR count). The third-order valence-corrected chi connectivity index (χ3v) is 4.66. The van der Waals surface area contributed by atoms with Crippen molar-refractivity contribution < 1.29 is 4.79 Å². The lowest BCUT2D eigenvalue weighted by molar-refractivity contribution is -0.120. The van der Waals surface area contributed by atoms with Gasteiger partial charge in [-0.05, 0) is 62.5 Å². The molecule has 3 nitrogen and oxygen atoms in total. The van der Waals surface area contributed by atoms with Gasteiger partial charge in [0.15, 0.2) is 0 Å². The van der Waals surface area contributed by atoms with Crippen molar-refractivity contribution in [2.24, 2.45) is 0 Å². The van der Waals surface area contributed by atoms with Crippen LogP contribution >= 0.6 is 11.8 Å². The van der Waals surface area contributed by atoms with E-state index in [1.807, 2.05) is 45.2 Å². The summed E-state index contributed by atoms with van der Waals surface area (Å²) in [5, 5.41) is 2.98. The van der Waals surface area contributed by atoms with Crippen molar-refractivity contribution >= 4 is 23.4 Å². The van der Waals surface area contributed by atoms with Crippen molar-refractivity contribution in [2.75, 3.05) is 18.6 Å². The molecule has 1 N–H and O–H groups in total. The third-order valence-electron chi connectivity index (χ3n) is 3.92. The van der Waals surface area contributed by atoms with Gasteiger partial charge in [-0.2, -0.15) is 0 Å². The Morgan fingerprint density at radius 2 is 1.91 bits per heavy atom. The maximum Gasteiger partial charge on any atom is 0.241 e. The lowest BCUT2D eigenvalue weighted by Gasteiger charge is -2.24. The van der Waals surface area contributed by atoms with E-state index in [-0.39, 0.29) is 11.9 Å². The Morgan fingerprint density at radius 3 is 2.52 bits per heavy atom. The smallest absolute Gasteiger partial charge is 0.241 e. The van der Waals surface area contributed by atoms with Gasteiger partial charge < -0.3 is 5.32 Å². The first kappa shape index (κ1) is 17.6. The fourth-order valence-electron chi connectivity index (χ4n) is 2.33. The summed E-state index contributed by atoms with van der Waals surface area (Å²) in [6.07, 6.45) is 2.07. The average molecular weight is 328 g/mol. The molecule has 0 aliphatic rings. The molecule has 0 radical (unpaired) electrons. The van der Waals surface area contributed by atoms with Crippen LogP contribution in [0.4, 0.5) is 5.69 Å². The van der Waals surface area contributed by atoms with E-state index >= 15 is 0 Å². The number of thioether (sulfide) groups is 1. The van der Waals surface area contributed by atoms with Crippen molar-refractivity contribution in [3.63, 3.8) is 0 Å². The Balaban J connectivity index is 1.95. The Bertz CT molecular complexity index is 655. The Morgan fingerprint density at radius 1 is 1.22 bits per heavy atom. The van der Waals surface area contributed by atoms with E-state index < -0.39 is 0 Å². The molecule has 0 aliphatic carbocycles. The SMILES string of the molecule is CSc1ccc(CN(C)C(C)C(=O)Nc2cccc(C)c2)cc1. The monoisotopic (exact) mass is 328 g/mol. The van der Waals surface area contributed by atoms with Gasteiger partial charge in [0.2, 0.25) is 5.91 Å². The minimum Gasteiger partial charge on any atom is -0.325 e. The van der Waals surface area contributed by atoms with E-state index in [1.54, 1.807) is 11.8 Å². The fourth-order valence-corrected chi connectivity index (χ4v) is 2.73. The van der Waals surface area contributed by atoms with Crippen molar-refractivity contribution in [1.82, 2.24) is 4.90 Å². The number of nitrogens with one attached hydrogen (secondary N) is 1. The van der Waals surface area contributed by atoms with E-state index in [9.17, 15) is 4.79 Å². The highest BCUT2D eigenvalue weighted by Gasteiger charge is 2.18. The molecule has 0 aliphatic heterocycles. The zero-order valence-corrected chi connectivity index (χ0v) is 15.0. The molecule has 0 bridgehead atoms. The summed E-state index contributed by atoms with van der Waals surface area (Å²) in [5.74, 6) is 0.0128. The van der Waals surface area contributed by atoms with Gasteiger partial charge >= 0.3 is 0 Å².